The third-order valence-corrected chi connectivity index (χ3v) is 8.13. The van der Waals surface area contributed by atoms with E-state index in [0.717, 1.165) is 11.8 Å². The number of benzene rings is 1. The van der Waals surface area contributed by atoms with Gasteiger partial charge in [-0.3, -0.25) is 4.79 Å². The molecular formula is C24H26N2O. The van der Waals surface area contributed by atoms with E-state index >= 15 is 0 Å². The summed E-state index contributed by atoms with van der Waals surface area (Å²) in [6.45, 7) is 2.18. The number of allylic oxidation sites excluding steroid dienone is 2. The number of nitrogens with zero attached hydrogens (tertiary/aromatic N) is 2. The number of carbonyl (C=O) groups is 1. The molecule has 7 rings (SSSR count). The zero-order valence-corrected chi connectivity index (χ0v) is 15.9. The second-order valence-corrected chi connectivity index (χ2v) is 9.43. The smallest absolute Gasteiger partial charge is 0.141 e. The first-order valence-corrected chi connectivity index (χ1v) is 10.5. The number of ketones is 1. The molecule has 4 aliphatic carbocycles. The van der Waals surface area contributed by atoms with Crippen molar-refractivity contribution in [3.8, 4) is 0 Å². The third kappa shape index (κ3) is 2.09. The molecule has 138 valence electrons. The maximum absolute atomic E-state index is 13.7. The molecule has 1 aromatic heterocycles. The van der Waals surface area contributed by atoms with Crippen molar-refractivity contribution in [3.05, 3.63) is 54.1 Å². The van der Waals surface area contributed by atoms with Gasteiger partial charge in [-0.05, 0) is 73.5 Å². The largest absolute Gasteiger partial charge is 0.323 e. The van der Waals surface area contributed by atoms with Crippen LogP contribution in [0.15, 0.2) is 42.9 Å². The predicted molar refractivity (Wildman–Crippen MR) is 106 cm³/mol. The molecule has 3 heteroatoms. The van der Waals surface area contributed by atoms with Crippen molar-refractivity contribution in [2.45, 2.75) is 51.5 Å². The van der Waals surface area contributed by atoms with Gasteiger partial charge in [-0.2, -0.15) is 0 Å². The Morgan fingerprint density at radius 1 is 1.15 bits per heavy atom. The molecule has 0 spiro atoms. The number of hydrogen-bond acceptors (Lipinski definition) is 2. The number of Topliss-reactive ketones (excluding diaryl/α,β-unsaturated/α-hetero) is 1. The molecule has 3 atom stereocenters. The summed E-state index contributed by atoms with van der Waals surface area (Å²) >= 11 is 0. The first-order chi connectivity index (χ1) is 13.2. The van der Waals surface area contributed by atoms with Crippen LogP contribution in [0.3, 0.4) is 0 Å². The minimum absolute atomic E-state index is 0.00657. The average molecular weight is 358 g/mol. The quantitative estimate of drug-likeness (QED) is 0.757. The molecule has 2 heterocycles. The number of hydrogen-bond donors (Lipinski definition) is 0. The van der Waals surface area contributed by atoms with Crippen LogP contribution >= 0.6 is 0 Å². The molecule has 3 unspecified atom stereocenters. The Kier molecular flexibility index (Phi) is 3.19. The van der Waals surface area contributed by atoms with Crippen LogP contribution in [0.1, 0.15) is 62.7 Å². The van der Waals surface area contributed by atoms with Crippen LogP contribution in [0.5, 0.6) is 0 Å². The lowest BCUT2D eigenvalue weighted by Crippen LogP contribution is -2.34. The van der Waals surface area contributed by atoms with Crippen LogP contribution in [-0.2, 0) is 4.79 Å². The highest BCUT2D eigenvalue weighted by molar-refractivity contribution is 5.97. The van der Waals surface area contributed by atoms with Crippen LogP contribution in [0, 0.1) is 23.2 Å². The number of fused-ring (bicyclic) bond motifs is 1. The number of aromatic nitrogens is 2. The van der Waals surface area contributed by atoms with E-state index < -0.39 is 0 Å². The molecule has 1 aliphatic heterocycles. The first-order valence-electron chi connectivity index (χ1n) is 10.5. The Balaban J connectivity index is 1.37. The van der Waals surface area contributed by atoms with E-state index in [4.69, 9.17) is 0 Å². The normalized spacial score (nSPS) is 35.9. The lowest BCUT2D eigenvalue weighted by atomic mass is 9.71. The predicted octanol–water partition coefficient (Wildman–Crippen LogP) is 5.15. The van der Waals surface area contributed by atoms with Gasteiger partial charge in [0, 0.05) is 11.8 Å². The molecule has 4 fully saturated rings. The Bertz CT molecular complexity index is 940. The Labute approximate surface area is 160 Å². The molecule has 0 N–H and O–H groups in total. The first kappa shape index (κ1) is 15.9. The fourth-order valence-corrected chi connectivity index (χ4v) is 7.23. The van der Waals surface area contributed by atoms with Gasteiger partial charge < -0.3 is 4.57 Å². The highest BCUT2D eigenvalue weighted by Crippen LogP contribution is 2.66. The van der Waals surface area contributed by atoms with Crippen molar-refractivity contribution in [2.75, 3.05) is 0 Å². The van der Waals surface area contributed by atoms with E-state index in [0.29, 0.717) is 18.1 Å². The molecule has 1 aromatic carbocycles. The van der Waals surface area contributed by atoms with Gasteiger partial charge in [-0.25, -0.2) is 4.98 Å². The second kappa shape index (κ2) is 5.43. The molecule has 3 nitrogen and oxygen atoms in total. The molecule has 5 aliphatic rings. The number of rotatable bonds is 4. The average Bonchev–Trinajstić information content (AvgIpc) is 3.37. The van der Waals surface area contributed by atoms with Gasteiger partial charge in [-0.1, -0.05) is 30.3 Å². The van der Waals surface area contributed by atoms with Crippen molar-refractivity contribution in [3.63, 3.8) is 0 Å². The van der Waals surface area contributed by atoms with E-state index in [1.54, 1.807) is 0 Å². The molecular weight excluding hydrogens is 332 g/mol. The van der Waals surface area contributed by atoms with E-state index in [9.17, 15) is 4.79 Å². The van der Waals surface area contributed by atoms with Gasteiger partial charge in [-0.15, -0.1) is 0 Å². The van der Waals surface area contributed by atoms with Gasteiger partial charge in [0.25, 0.3) is 0 Å². The molecule has 4 saturated carbocycles. The third-order valence-electron chi connectivity index (χ3n) is 8.13. The molecule has 0 amide bonds. The zero-order valence-electron chi connectivity index (χ0n) is 15.9. The summed E-state index contributed by atoms with van der Waals surface area (Å²) in [5.74, 6) is 2.85. The van der Waals surface area contributed by atoms with Gasteiger partial charge in [0.1, 0.15) is 5.78 Å². The van der Waals surface area contributed by atoms with E-state index in [1.165, 1.54) is 54.5 Å². The lowest BCUT2D eigenvalue weighted by molar-refractivity contribution is -0.131. The van der Waals surface area contributed by atoms with Crippen LogP contribution in [0.4, 0.5) is 0 Å². The second-order valence-electron chi connectivity index (χ2n) is 9.43. The van der Waals surface area contributed by atoms with Gasteiger partial charge in [0.2, 0.25) is 0 Å². The summed E-state index contributed by atoms with van der Waals surface area (Å²) in [5, 5.41) is 0. The SMILES string of the molecule is CC1=C(c2ccccc2)C(CC(=O)C23CC4CC(CC2C4)C3)n2cncc21. The van der Waals surface area contributed by atoms with Crippen LogP contribution in [0.25, 0.3) is 11.1 Å². The lowest BCUT2D eigenvalue weighted by Gasteiger charge is -2.33. The monoisotopic (exact) mass is 358 g/mol. The Hall–Kier alpha value is -2.16. The van der Waals surface area contributed by atoms with Gasteiger partial charge in [0.05, 0.1) is 24.3 Å². The zero-order chi connectivity index (χ0) is 18.2. The summed E-state index contributed by atoms with van der Waals surface area (Å²) < 4.78 is 2.24. The standard InChI is InChI=1S/C24H26N2O/c1-15-21-13-25-14-26(21)20(23(15)18-5-3-2-4-6-18)10-22(27)24-11-16-7-17(12-24)9-19(24)8-16/h2-6,13-14,16-17,19-20H,7-12H2,1H3. The summed E-state index contributed by atoms with van der Waals surface area (Å²) in [6.07, 6.45) is 10.8. The highest BCUT2D eigenvalue weighted by Gasteiger charge is 2.61. The molecule has 0 saturated heterocycles. The topological polar surface area (TPSA) is 34.9 Å². The molecule has 27 heavy (non-hydrogen) atoms. The fraction of sp³-hybridized carbons (Fsp3) is 0.500. The van der Waals surface area contributed by atoms with Crippen molar-refractivity contribution in [1.29, 1.82) is 0 Å². The van der Waals surface area contributed by atoms with Crippen LogP contribution < -0.4 is 0 Å². The van der Waals surface area contributed by atoms with E-state index in [-0.39, 0.29) is 11.5 Å². The highest BCUT2D eigenvalue weighted by atomic mass is 16.1. The van der Waals surface area contributed by atoms with Crippen molar-refractivity contribution in [1.82, 2.24) is 9.55 Å². The van der Waals surface area contributed by atoms with Crippen molar-refractivity contribution in [2.24, 2.45) is 23.2 Å². The van der Waals surface area contributed by atoms with Crippen LogP contribution in [-0.4, -0.2) is 15.3 Å². The maximum atomic E-state index is 13.7. The molecule has 0 radical (unpaired) electrons. The van der Waals surface area contributed by atoms with E-state index in [2.05, 4.69) is 46.8 Å². The van der Waals surface area contributed by atoms with Crippen molar-refractivity contribution >= 4 is 16.9 Å². The fourth-order valence-electron chi connectivity index (χ4n) is 7.23. The minimum Gasteiger partial charge on any atom is -0.323 e. The Morgan fingerprint density at radius 3 is 2.63 bits per heavy atom. The summed E-state index contributed by atoms with van der Waals surface area (Å²) in [5.41, 5.74) is 5.00. The molecule has 4 bridgehead atoms. The number of carbonyl (C=O) groups excluding carboxylic acids is 1. The van der Waals surface area contributed by atoms with E-state index in [1.807, 2.05) is 12.5 Å². The van der Waals surface area contributed by atoms with Crippen molar-refractivity contribution < 1.29 is 4.79 Å². The summed E-state index contributed by atoms with van der Waals surface area (Å²) in [6, 6.07) is 10.7. The van der Waals surface area contributed by atoms with Crippen LogP contribution in [0.2, 0.25) is 0 Å². The maximum Gasteiger partial charge on any atom is 0.141 e. The van der Waals surface area contributed by atoms with Gasteiger partial charge >= 0.3 is 0 Å². The summed E-state index contributed by atoms with van der Waals surface area (Å²) in [7, 11) is 0. The molecule has 2 aromatic rings. The Morgan fingerprint density at radius 2 is 1.89 bits per heavy atom. The number of imidazole rings is 1. The van der Waals surface area contributed by atoms with Gasteiger partial charge in [0.15, 0.2) is 0 Å². The minimum atomic E-state index is 0.00657. The summed E-state index contributed by atoms with van der Waals surface area (Å²) in [4.78, 5) is 18.1.